The molecule has 1 unspecified atom stereocenters. The Balaban J connectivity index is 1.68. The van der Waals surface area contributed by atoms with Gasteiger partial charge in [0.25, 0.3) is 5.91 Å². The molecule has 1 atom stereocenters. The number of likely N-dealkylation sites (tertiary alicyclic amines) is 1. The Morgan fingerprint density at radius 2 is 2.21 bits per heavy atom. The lowest BCUT2D eigenvalue weighted by Crippen LogP contribution is -2.30. The maximum Gasteiger partial charge on any atom is 0.272 e. The first-order valence-electron chi connectivity index (χ1n) is 8.36. The smallest absolute Gasteiger partial charge is 0.272 e. The monoisotopic (exact) mass is 325 g/mol. The van der Waals surface area contributed by atoms with E-state index in [1.54, 1.807) is 6.07 Å². The van der Waals surface area contributed by atoms with E-state index in [1.165, 1.54) is 0 Å². The summed E-state index contributed by atoms with van der Waals surface area (Å²) in [4.78, 5) is 27.3. The topological polar surface area (TPSA) is 85.0 Å². The van der Waals surface area contributed by atoms with Crippen molar-refractivity contribution in [1.82, 2.24) is 19.9 Å². The van der Waals surface area contributed by atoms with Crippen LogP contribution in [-0.2, 0) is 6.42 Å². The molecule has 24 heavy (non-hydrogen) atoms. The van der Waals surface area contributed by atoms with Gasteiger partial charge in [-0.05, 0) is 42.9 Å². The molecule has 1 aliphatic heterocycles. The fourth-order valence-corrected chi connectivity index (χ4v) is 3.05. The maximum absolute atomic E-state index is 12.7. The third-order valence-corrected chi connectivity index (χ3v) is 4.37. The predicted octanol–water partition coefficient (Wildman–Crippen LogP) is 2.28. The average molecular weight is 325 g/mol. The van der Waals surface area contributed by atoms with Crippen molar-refractivity contribution >= 4 is 11.9 Å². The van der Waals surface area contributed by atoms with Crippen LogP contribution in [0.15, 0.2) is 30.5 Å². The van der Waals surface area contributed by atoms with Crippen molar-refractivity contribution in [3.05, 3.63) is 47.5 Å². The number of carbonyl (C=O) groups is 1. The standard InChI is InChI=1S/C18H23N5O/c1-12(2)15-10-16(22-18(19)21-15)17(24)23-8-6-13(11-23)9-14-5-3-4-7-20-14/h3-5,7,10,12-13H,6,8-9,11H2,1-2H3,(H2,19,21,22). The van der Waals surface area contributed by atoms with Crippen molar-refractivity contribution in [3.8, 4) is 0 Å². The van der Waals surface area contributed by atoms with Gasteiger partial charge in [-0.1, -0.05) is 19.9 Å². The Morgan fingerprint density at radius 1 is 1.38 bits per heavy atom. The molecule has 2 aromatic heterocycles. The average Bonchev–Trinajstić information content (AvgIpc) is 3.03. The molecule has 0 spiro atoms. The van der Waals surface area contributed by atoms with Gasteiger partial charge in [0, 0.05) is 30.7 Å². The van der Waals surface area contributed by atoms with Gasteiger partial charge >= 0.3 is 0 Å². The summed E-state index contributed by atoms with van der Waals surface area (Å²) in [7, 11) is 0. The molecule has 2 N–H and O–H groups in total. The van der Waals surface area contributed by atoms with Crippen LogP contribution in [0.1, 0.15) is 48.1 Å². The van der Waals surface area contributed by atoms with Crippen LogP contribution in [0.25, 0.3) is 0 Å². The molecule has 1 amide bonds. The first-order chi connectivity index (χ1) is 11.5. The minimum absolute atomic E-state index is 0.0606. The normalized spacial score (nSPS) is 17.5. The lowest BCUT2D eigenvalue weighted by molar-refractivity contribution is 0.0781. The second-order valence-corrected chi connectivity index (χ2v) is 6.62. The van der Waals surface area contributed by atoms with Gasteiger partial charge in [-0.2, -0.15) is 0 Å². The summed E-state index contributed by atoms with van der Waals surface area (Å²) >= 11 is 0. The number of carbonyl (C=O) groups excluding carboxylic acids is 1. The molecule has 3 heterocycles. The van der Waals surface area contributed by atoms with E-state index in [2.05, 4.69) is 15.0 Å². The summed E-state index contributed by atoms with van der Waals surface area (Å²) in [5.74, 6) is 0.744. The molecule has 1 saturated heterocycles. The van der Waals surface area contributed by atoms with Gasteiger partial charge in [0.15, 0.2) is 0 Å². The van der Waals surface area contributed by atoms with Gasteiger partial charge < -0.3 is 10.6 Å². The van der Waals surface area contributed by atoms with E-state index < -0.39 is 0 Å². The van der Waals surface area contributed by atoms with Gasteiger partial charge in [-0.15, -0.1) is 0 Å². The molecule has 6 heteroatoms. The van der Waals surface area contributed by atoms with E-state index in [-0.39, 0.29) is 17.8 Å². The Labute approximate surface area is 142 Å². The molecule has 0 radical (unpaired) electrons. The highest BCUT2D eigenvalue weighted by Crippen LogP contribution is 2.22. The van der Waals surface area contributed by atoms with Crippen molar-refractivity contribution in [3.63, 3.8) is 0 Å². The lowest BCUT2D eigenvalue weighted by atomic mass is 10.0. The molecule has 1 fully saturated rings. The van der Waals surface area contributed by atoms with E-state index in [0.29, 0.717) is 11.6 Å². The molecule has 126 valence electrons. The number of hydrogen-bond acceptors (Lipinski definition) is 5. The summed E-state index contributed by atoms with van der Waals surface area (Å²) < 4.78 is 0. The molecule has 3 rings (SSSR count). The van der Waals surface area contributed by atoms with Gasteiger partial charge in [0.1, 0.15) is 5.69 Å². The number of nitrogens with zero attached hydrogens (tertiary/aromatic N) is 4. The van der Waals surface area contributed by atoms with Crippen molar-refractivity contribution in [2.24, 2.45) is 5.92 Å². The number of nitrogen functional groups attached to an aromatic ring is 1. The van der Waals surface area contributed by atoms with Gasteiger partial charge in [-0.3, -0.25) is 9.78 Å². The van der Waals surface area contributed by atoms with Crippen molar-refractivity contribution in [2.45, 2.75) is 32.6 Å². The summed E-state index contributed by atoms with van der Waals surface area (Å²) in [6, 6.07) is 7.71. The molecular weight excluding hydrogens is 302 g/mol. The highest BCUT2D eigenvalue weighted by molar-refractivity contribution is 5.92. The fraction of sp³-hybridized carbons (Fsp3) is 0.444. The van der Waals surface area contributed by atoms with Gasteiger partial charge in [0.2, 0.25) is 5.95 Å². The quantitative estimate of drug-likeness (QED) is 0.932. The fourth-order valence-electron chi connectivity index (χ4n) is 3.05. The third-order valence-electron chi connectivity index (χ3n) is 4.37. The van der Waals surface area contributed by atoms with E-state index in [0.717, 1.165) is 37.3 Å². The molecule has 0 bridgehead atoms. The zero-order valence-corrected chi connectivity index (χ0v) is 14.1. The van der Waals surface area contributed by atoms with E-state index in [9.17, 15) is 4.79 Å². The number of anilines is 1. The molecule has 2 aromatic rings. The van der Waals surface area contributed by atoms with Crippen molar-refractivity contribution in [1.29, 1.82) is 0 Å². The largest absolute Gasteiger partial charge is 0.368 e. The van der Waals surface area contributed by atoms with E-state index in [4.69, 9.17) is 5.73 Å². The van der Waals surface area contributed by atoms with Crippen LogP contribution >= 0.6 is 0 Å². The highest BCUT2D eigenvalue weighted by Gasteiger charge is 2.28. The molecule has 0 aliphatic carbocycles. The van der Waals surface area contributed by atoms with Crippen LogP contribution in [0.2, 0.25) is 0 Å². The van der Waals surface area contributed by atoms with Crippen molar-refractivity contribution in [2.75, 3.05) is 18.8 Å². The second kappa shape index (κ2) is 6.95. The van der Waals surface area contributed by atoms with Crippen LogP contribution in [-0.4, -0.2) is 38.8 Å². The summed E-state index contributed by atoms with van der Waals surface area (Å²) in [5.41, 5.74) is 8.03. The Bertz CT molecular complexity index is 717. The molecule has 6 nitrogen and oxygen atoms in total. The lowest BCUT2D eigenvalue weighted by Gasteiger charge is -2.17. The first-order valence-corrected chi connectivity index (χ1v) is 8.36. The summed E-state index contributed by atoms with van der Waals surface area (Å²) in [6.45, 7) is 5.52. The number of pyridine rings is 1. The minimum atomic E-state index is -0.0606. The second-order valence-electron chi connectivity index (χ2n) is 6.62. The Morgan fingerprint density at radius 3 is 2.92 bits per heavy atom. The van der Waals surface area contributed by atoms with Gasteiger partial charge in [0.05, 0.1) is 0 Å². The summed E-state index contributed by atoms with van der Waals surface area (Å²) in [5, 5.41) is 0. The van der Waals surface area contributed by atoms with E-state index >= 15 is 0 Å². The number of amides is 1. The van der Waals surface area contributed by atoms with Crippen LogP contribution in [0.5, 0.6) is 0 Å². The molecular formula is C18H23N5O. The van der Waals surface area contributed by atoms with Gasteiger partial charge in [-0.25, -0.2) is 9.97 Å². The SMILES string of the molecule is CC(C)c1cc(C(=O)N2CCC(Cc3ccccn3)C2)nc(N)n1. The molecule has 1 aliphatic rings. The maximum atomic E-state index is 12.7. The first kappa shape index (κ1) is 16.4. The molecule has 0 aromatic carbocycles. The number of hydrogen-bond donors (Lipinski definition) is 1. The van der Waals surface area contributed by atoms with Crippen molar-refractivity contribution < 1.29 is 4.79 Å². The van der Waals surface area contributed by atoms with Crippen LogP contribution in [0, 0.1) is 5.92 Å². The van der Waals surface area contributed by atoms with Crippen LogP contribution in [0.3, 0.4) is 0 Å². The third kappa shape index (κ3) is 3.69. The number of rotatable bonds is 4. The number of nitrogens with two attached hydrogens (primary N) is 1. The van der Waals surface area contributed by atoms with E-state index in [1.807, 2.05) is 43.1 Å². The highest BCUT2D eigenvalue weighted by atomic mass is 16.2. The zero-order chi connectivity index (χ0) is 17.1. The summed E-state index contributed by atoms with van der Waals surface area (Å²) in [6.07, 6.45) is 3.69. The Hall–Kier alpha value is -2.50. The zero-order valence-electron chi connectivity index (χ0n) is 14.1. The predicted molar refractivity (Wildman–Crippen MR) is 92.5 cm³/mol. The minimum Gasteiger partial charge on any atom is -0.368 e. The molecule has 0 saturated carbocycles. The Kier molecular flexibility index (Phi) is 4.74. The van der Waals surface area contributed by atoms with Crippen LogP contribution in [0.4, 0.5) is 5.95 Å². The number of aromatic nitrogens is 3. The van der Waals surface area contributed by atoms with Crippen LogP contribution < -0.4 is 5.73 Å².